The van der Waals surface area contributed by atoms with Crippen LogP contribution < -0.4 is 10.6 Å². The minimum absolute atomic E-state index is 0.0425. The molecular formula is C16H23N3O2. The third kappa shape index (κ3) is 2.89. The Morgan fingerprint density at radius 1 is 1.33 bits per heavy atom. The summed E-state index contributed by atoms with van der Waals surface area (Å²) < 4.78 is 5.75. The van der Waals surface area contributed by atoms with E-state index >= 15 is 0 Å². The lowest BCUT2D eigenvalue weighted by Crippen LogP contribution is -2.41. The number of amides is 1. The van der Waals surface area contributed by atoms with Crippen molar-refractivity contribution in [3.63, 3.8) is 0 Å². The van der Waals surface area contributed by atoms with Gasteiger partial charge in [-0.3, -0.25) is 4.79 Å². The van der Waals surface area contributed by atoms with Gasteiger partial charge in [-0.25, -0.2) is 0 Å². The molecule has 0 saturated carbocycles. The van der Waals surface area contributed by atoms with Crippen molar-refractivity contribution in [3.05, 3.63) is 29.8 Å². The molecule has 0 aromatic heterocycles. The van der Waals surface area contributed by atoms with Crippen molar-refractivity contribution in [3.8, 4) is 0 Å². The van der Waals surface area contributed by atoms with Crippen molar-refractivity contribution >= 4 is 11.6 Å². The average Bonchev–Trinajstić information content (AvgIpc) is 2.93. The Morgan fingerprint density at radius 3 is 2.90 bits per heavy atom. The number of hydrogen-bond donors (Lipinski definition) is 1. The number of carbonyl (C=O) groups excluding carboxylic acids is 1. The highest BCUT2D eigenvalue weighted by Gasteiger charge is 2.33. The molecule has 1 amide bonds. The first kappa shape index (κ1) is 14.4. The van der Waals surface area contributed by atoms with E-state index in [2.05, 4.69) is 24.1 Å². The monoisotopic (exact) mass is 289 g/mol. The maximum absolute atomic E-state index is 12.7. The number of carbonyl (C=O) groups is 1. The van der Waals surface area contributed by atoms with Crippen LogP contribution in [0.5, 0.6) is 0 Å². The molecule has 1 aromatic carbocycles. The molecule has 5 nitrogen and oxygen atoms in total. The number of ether oxygens (including phenoxy) is 1. The molecule has 1 saturated heterocycles. The van der Waals surface area contributed by atoms with Crippen LogP contribution in [0.1, 0.15) is 18.4 Å². The van der Waals surface area contributed by atoms with E-state index in [1.807, 2.05) is 17.0 Å². The SMILES string of the molecule is CN1CCN(C(=O)[C@@H]2CC[C@H](CN)O2)Cc2ccccc21. The molecule has 5 heteroatoms. The zero-order chi connectivity index (χ0) is 14.8. The lowest BCUT2D eigenvalue weighted by Gasteiger charge is -2.24. The van der Waals surface area contributed by atoms with Crippen molar-refractivity contribution in [2.24, 2.45) is 5.73 Å². The summed E-state index contributed by atoms with van der Waals surface area (Å²) in [6, 6.07) is 8.27. The third-order valence-electron chi connectivity index (χ3n) is 4.43. The minimum atomic E-state index is -0.311. The van der Waals surface area contributed by atoms with Crippen molar-refractivity contribution in [1.29, 1.82) is 0 Å². The Kier molecular flexibility index (Phi) is 4.12. The molecule has 2 atom stereocenters. The Balaban J connectivity index is 1.74. The van der Waals surface area contributed by atoms with Gasteiger partial charge in [0.15, 0.2) is 0 Å². The Morgan fingerprint density at radius 2 is 2.14 bits per heavy atom. The molecule has 2 heterocycles. The van der Waals surface area contributed by atoms with Gasteiger partial charge in [-0.15, -0.1) is 0 Å². The summed E-state index contributed by atoms with van der Waals surface area (Å²) in [5.74, 6) is 0.107. The quantitative estimate of drug-likeness (QED) is 0.881. The van der Waals surface area contributed by atoms with Gasteiger partial charge in [0, 0.05) is 38.9 Å². The molecule has 0 radical (unpaired) electrons. The molecule has 0 spiro atoms. The second-order valence-electron chi connectivity index (χ2n) is 5.87. The second kappa shape index (κ2) is 6.03. The normalized spacial score (nSPS) is 25.6. The molecule has 3 rings (SSSR count). The summed E-state index contributed by atoms with van der Waals surface area (Å²) in [4.78, 5) is 16.8. The van der Waals surface area contributed by atoms with E-state index in [4.69, 9.17) is 10.5 Å². The summed E-state index contributed by atoms with van der Waals surface area (Å²) >= 11 is 0. The third-order valence-corrected chi connectivity index (χ3v) is 4.43. The first-order valence-electron chi connectivity index (χ1n) is 7.62. The van der Waals surface area contributed by atoms with Gasteiger partial charge in [0.2, 0.25) is 0 Å². The van der Waals surface area contributed by atoms with E-state index < -0.39 is 0 Å². The van der Waals surface area contributed by atoms with Gasteiger partial charge in [-0.1, -0.05) is 18.2 Å². The van der Waals surface area contributed by atoms with Gasteiger partial charge in [-0.05, 0) is 24.5 Å². The van der Waals surface area contributed by atoms with Crippen molar-refractivity contribution in [1.82, 2.24) is 4.90 Å². The van der Waals surface area contributed by atoms with Gasteiger partial charge in [0.1, 0.15) is 6.10 Å². The van der Waals surface area contributed by atoms with Crippen molar-refractivity contribution in [2.75, 3.05) is 31.6 Å². The first-order chi connectivity index (χ1) is 10.2. The Hall–Kier alpha value is -1.59. The molecule has 0 bridgehead atoms. The smallest absolute Gasteiger partial charge is 0.252 e. The zero-order valence-corrected chi connectivity index (χ0v) is 12.5. The number of benzene rings is 1. The first-order valence-corrected chi connectivity index (χ1v) is 7.62. The lowest BCUT2D eigenvalue weighted by atomic mass is 10.1. The Bertz CT molecular complexity index is 520. The maximum Gasteiger partial charge on any atom is 0.252 e. The fourth-order valence-electron chi connectivity index (χ4n) is 3.15. The highest BCUT2D eigenvalue weighted by molar-refractivity contribution is 5.81. The molecule has 0 aliphatic carbocycles. The number of fused-ring (bicyclic) bond motifs is 1. The van der Waals surface area contributed by atoms with Crippen LogP contribution in [0.4, 0.5) is 5.69 Å². The predicted molar refractivity (Wildman–Crippen MR) is 82.1 cm³/mol. The van der Waals surface area contributed by atoms with Gasteiger partial charge in [-0.2, -0.15) is 0 Å². The van der Waals surface area contributed by atoms with E-state index in [0.29, 0.717) is 13.1 Å². The summed E-state index contributed by atoms with van der Waals surface area (Å²) in [5.41, 5.74) is 8.03. The van der Waals surface area contributed by atoms with E-state index in [0.717, 1.165) is 25.9 Å². The Labute approximate surface area is 125 Å². The van der Waals surface area contributed by atoms with Crippen LogP contribution in [0.2, 0.25) is 0 Å². The number of para-hydroxylation sites is 1. The van der Waals surface area contributed by atoms with E-state index in [1.165, 1.54) is 11.3 Å². The van der Waals surface area contributed by atoms with Crippen molar-refractivity contribution in [2.45, 2.75) is 31.6 Å². The molecule has 0 unspecified atom stereocenters. The molecule has 1 fully saturated rings. The molecule has 2 aliphatic rings. The van der Waals surface area contributed by atoms with Gasteiger partial charge in [0.05, 0.1) is 6.10 Å². The summed E-state index contributed by atoms with van der Waals surface area (Å²) in [6.07, 6.45) is 1.40. The zero-order valence-electron chi connectivity index (χ0n) is 12.5. The minimum Gasteiger partial charge on any atom is -0.373 e. The number of rotatable bonds is 2. The van der Waals surface area contributed by atoms with Crippen molar-refractivity contribution < 1.29 is 9.53 Å². The largest absolute Gasteiger partial charge is 0.373 e. The van der Waals surface area contributed by atoms with E-state index in [1.54, 1.807) is 0 Å². The molecule has 2 N–H and O–H groups in total. The number of hydrogen-bond acceptors (Lipinski definition) is 4. The molecule has 21 heavy (non-hydrogen) atoms. The summed E-state index contributed by atoms with van der Waals surface area (Å²) in [7, 11) is 2.07. The van der Waals surface area contributed by atoms with Crippen LogP contribution in [0.15, 0.2) is 24.3 Å². The van der Waals surface area contributed by atoms with Gasteiger partial charge >= 0.3 is 0 Å². The maximum atomic E-state index is 12.7. The molecule has 1 aromatic rings. The summed E-state index contributed by atoms with van der Waals surface area (Å²) in [5, 5.41) is 0. The number of nitrogens with zero attached hydrogens (tertiary/aromatic N) is 2. The number of nitrogens with two attached hydrogens (primary N) is 1. The average molecular weight is 289 g/mol. The molecule has 114 valence electrons. The second-order valence-corrected chi connectivity index (χ2v) is 5.87. The van der Waals surface area contributed by atoms with E-state index in [9.17, 15) is 4.79 Å². The predicted octanol–water partition coefficient (Wildman–Crippen LogP) is 0.971. The number of anilines is 1. The van der Waals surface area contributed by atoms with Gasteiger partial charge < -0.3 is 20.3 Å². The van der Waals surface area contributed by atoms with E-state index in [-0.39, 0.29) is 18.1 Å². The van der Waals surface area contributed by atoms with Crippen LogP contribution in [0.3, 0.4) is 0 Å². The van der Waals surface area contributed by atoms with Crippen LogP contribution in [0, 0.1) is 0 Å². The summed E-state index contributed by atoms with van der Waals surface area (Å²) in [6.45, 7) is 2.73. The topological polar surface area (TPSA) is 58.8 Å². The van der Waals surface area contributed by atoms with Gasteiger partial charge in [0.25, 0.3) is 5.91 Å². The lowest BCUT2D eigenvalue weighted by molar-refractivity contribution is -0.143. The fraction of sp³-hybridized carbons (Fsp3) is 0.562. The number of likely N-dealkylation sites (N-methyl/N-ethyl adjacent to an activating group) is 1. The highest BCUT2D eigenvalue weighted by Crippen LogP contribution is 2.26. The fourth-order valence-corrected chi connectivity index (χ4v) is 3.15. The van der Waals surface area contributed by atoms with Crippen LogP contribution in [-0.4, -0.2) is 49.7 Å². The highest BCUT2D eigenvalue weighted by atomic mass is 16.5. The van der Waals surface area contributed by atoms with Crippen LogP contribution in [-0.2, 0) is 16.1 Å². The molecular weight excluding hydrogens is 266 g/mol. The molecule has 2 aliphatic heterocycles. The standard InChI is InChI=1S/C16H23N3O2/c1-18-8-9-19(11-12-4-2-3-5-14(12)18)16(20)15-7-6-13(10-17)21-15/h2-5,13,15H,6-11,17H2,1H3/t13-,15+/m1/s1. The van der Waals surface area contributed by atoms with Crippen LogP contribution >= 0.6 is 0 Å². The van der Waals surface area contributed by atoms with Crippen LogP contribution in [0.25, 0.3) is 0 Å².